The van der Waals surface area contributed by atoms with Gasteiger partial charge in [0.15, 0.2) is 5.96 Å². The van der Waals surface area contributed by atoms with Gasteiger partial charge < -0.3 is 15.1 Å². The molecule has 7 nitrogen and oxygen atoms in total. The van der Waals surface area contributed by atoms with Crippen LogP contribution in [-0.2, 0) is 23.0 Å². The normalized spacial score (nSPS) is 14.5. The smallest absolute Gasteiger partial charge is 0.238 e. The molecule has 0 saturated heterocycles. The van der Waals surface area contributed by atoms with Crippen LogP contribution in [0.15, 0.2) is 57.0 Å². The summed E-state index contributed by atoms with van der Waals surface area (Å²) in [5.41, 5.74) is 0.913. The number of nitrogens with one attached hydrogen (secondary N) is 2. The molecule has 0 unspecified atom stereocenters. The third-order valence-electron chi connectivity index (χ3n) is 4.17. The highest BCUT2D eigenvalue weighted by Gasteiger charge is 2.21. The van der Waals surface area contributed by atoms with Gasteiger partial charge in [-0.15, -0.1) is 24.0 Å². The predicted octanol–water partition coefficient (Wildman–Crippen LogP) is 2.23. The summed E-state index contributed by atoms with van der Waals surface area (Å²) in [6.45, 7) is 2.08. The van der Waals surface area contributed by atoms with Gasteiger partial charge in [0.25, 0.3) is 0 Å². The second-order valence-corrected chi connectivity index (χ2v) is 8.00. The van der Waals surface area contributed by atoms with Gasteiger partial charge in [-0.25, -0.2) is 18.5 Å². The summed E-state index contributed by atoms with van der Waals surface area (Å²) in [6.07, 6.45) is 4.98. The Morgan fingerprint density at radius 3 is 2.52 bits per heavy atom. The molecule has 0 spiro atoms. The number of halogens is 1. The van der Waals surface area contributed by atoms with E-state index in [9.17, 15) is 8.42 Å². The molecule has 0 amide bonds. The number of sulfonamides is 1. The lowest BCUT2D eigenvalue weighted by molar-refractivity contribution is 0.506. The van der Waals surface area contributed by atoms with E-state index in [0.717, 1.165) is 36.2 Å². The Balaban J connectivity index is 0.00000261. The minimum Gasteiger partial charge on any atom is -0.469 e. The van der Waals surface area contributed by atoms with E-state index in [1.54, 1.807) is 18.4 Å². The number of primary sulfonamides is 1. The predicted molar refractivity (Wildman–Crippen MR) is 116 cm³/mol. The van der Waals surface area contributed by atoms with Crippen molar-refractivity contribution in [3.63, 3.8) is 0 Å². The summed E-state index contributed by atoms with van der Waals surface area (Å²) in [4.78, 5) is 4.69. The monoisotopic (exact) mass is 504 g/mol. The van der Waals surface area contributed by atoms with Crippen LogP contribution in [0.3, 0.4) is 0 Å². The standard InChI is InChI=1S/C18H24N4O3S.HI/c19-26(23,24)17-7-5-15(6-8-17)13-22-18(21-12-14-3-4-14)20-10-9-16-2-1-11-25-16;/h1-2,5-8,11,14H,3-4,9-10,12-13H2,(H2,19,23,24)(H2,20,21,22);1H. The molecule has 1 fully saturated rings. The molecule has 1 aliphatic carbocycles. The van der Waals surface area contributed by atoms with Crippen molar-refractivity contribution in [3.8, 4) is 0 Å². The van der Waals surface area contributed by atoms with Gasteiger partial charge >= 0.3 is 0 Å². The van der Waals surface area contributed by atoms with E-state index in [0.29, 0.717) is 13.1 Å². The lowest BCUT2D eigenvalue weighted by atomic mass is 10.2. The molecule has 1 heterocycles. The number of benzene rings is 1. The van der Waals surface area contributed by atoms with Crippen LogP contribution < -0.4 is 15.8 Å². The van der Waals surface area contributed by atoms with Gasteiger partial charge in [-0.2, -0.15) is 0 Å². The Labute approximate surface area is 176 Å². The van der Waals surface area contributed by atoms with Crippen molar-refractivity contribution in [2.24, 2.45) is 16.0 Å². The lowest BCUT2D eigenvalue weighted by Gasteiger charge is -2.12. The molecule has 0 bridgehead atoms. The number of hydrogen-bond donors (Lipinski definition) is 3. The zero-order valence-electron chi connectivity index (χ0n) is 14.9. The van der Waals surface area contributed by atoms with Crippen molar-refractivity contribution in [2.45, 2.75) is 30.7 Å². The van der Waals surface area contributed by atoms with E-state index < -0.39 is 10.0 Å². The topological polar surface area (TPSA) is 110 Å². The third kappa shape index (κ3) is 7.51. The first-order valence-corrected chi connectivity index (χ1v) is 10.2. The van der Waals surface area contributed by atoms with Gasteiger partial charge in [-0.3, -0.25) is 0 Å². The molecule has 3 rings (SSSR count). The molecule has 1 aromatic carbocycles. The Morgan fingerprint density at radius 1 is 1.19 bits per heavy atom. The maximum absolute atomic E-state index is 11.3. The summed E-state index contributed by atoms with van der Waals surface area (Å²) in [5, 5.41) is 11.8. The van der Waals surface area contributed by atoms with Crippen molar-refractivity contribution >= 4 is 40.0 Å². The quantitative estimate of drug-likeness (QED) is 0.290. The van der Waals surface area contributed by atoms with Crippen LogP contribution >= 0.6 is 24.0 Å². The number of aliphatic imine (C=N–C) groups is 1. The summed E-state index contributed by atoms with van der Waals surface area (Å²) in [6, 6.07) is 10.3. The number of nitrogens with zero attached hydrogens (tertiary/aromatic N) is 1. The van der Waals surface area contributed by atoms with Crippen molar-refractivity contribution in [1.82, 2.24) is 10.6 Å². The first-order valence-electron chi connectivity index (χ1n) is 8.67. The zero-order chi connectivity index (χ0) is 18.4. The maximum Gasteiger partial charge on any atom is 0.238 e. The fraction of sp³-hybridized carbons (Fsp3) is 0.389. The maximum atomic E-state index is 11.3. The van der Waals surface area contributed by atoms with Gasteiger partial charge in [0.1, 0.15) is 5.76 Å². The largest absolute Gasteiger partial charge is 0.469 e. The number of nitrogens with two attached hydrogens (primary N) is 1. The average molecular weight is 504 g/mol. The van der Waals surface area contributed by atoms with Crippen LogP contribution in [0.2, 0.25) is 0 Å². The van der Waals surface area contributed by atoms with Crippen LogP contribution in [0.4, 0.5) is 0 Å². The van der Waals surface area contributed by atoms with Crippen molar-refractivity contribution in [3.05, 3.63) is 54.0 Å². The second-order valence-electron chi connectivity index (χ2n) is 6.43. The Kier molecular flexibility index (Phi) is 8.11. The van der Waals surface area contributed by atoms with Crippen LogP contribution in [-0.4, -0.2) is 27.5 Å². The van der Waals surface area contributed by atoms with E-state index in [4.69, 9.17) is 9.56 Å². The highest BCUT2D eigenvalue weighted by atomic mass is 127. The summed E-state index contributed by atoms with van der Waals surface area (Å²) in [5.74, 6) is 2.41. The first kappa shape index (κ1) is 21.7. The lowest BCUT2D eigenvalue weighted by Crippen LogP contribution is -2.39. The Bertz CT molecular complexity index is 832. The fourth-order valence-corrected chi connectivity index (χ4v) is 2.97. The van der Waals surface area contributed by atoms with Crippen LogP contribution in [0.25, 0.3) is 0 Å². The summed E-state index contributed by atoms with van der Waals surface area (Å²) >= 11 is 0. The van der Waals surface area contributed by atoms with Gasteiger partial charge in [0.2, 0.25) is 10.0 Å². The molecule has 0 aliphatic heterocycles. The Hall–Kier alpha value is -1.59. The minimum absolute atomic E-state index is 0. The van der Waals surface area contributed by atoms with Crippen LogP contribution in [0.5, 0.6) is 0 Å². The van der Waals surface area contributed by atoms with Gasteiger partial charge in [0.05, 0.1) is 17.7 Å². The fourth-order valence-electron chi connectivity index (χ4n) is 2.45. The molecule has 0 atom stereocenters. The van der Waals surface area contributed by atoms with E-state index in [1.807, 2.05) is 12.1 Å². The van der Waals surface area contributed by atoms with E-state index in [2.05, 4.69) is 15.6 Å². The van der Waals surface area contributed by atoms with Crippen molar-refractivity contribution in [2.75, 3.05) is 13.1 Å². The van der Waals surface area contributed by atoms with E-state index in [1.165, 1.54) is 25.0 Å². The molecule has 148 valence electrons. The number of furan rings is 1. The molecule has 1 aromatic heterocycles. The molecular formula is C18H25IN4O3S. The zero-order valence-corrected chi connectivity index (χ0v) is 18.1. The molecule has 2 aromatic rings. The molecule has 1 aliphatic rings. The van der Waals surface area contributed by atoms with Crippen LogP contribution in [0.1, 0.15) is 24.2 Å². The molecule has 0 radical (unpaired) electrons. The molecule has 27 heavy (non-hydrogen) atoms. The summed E-state index contributed by atoms with van der Waals surface area (Å²) < 4.78 is 27.9. The van der Waals surface area contributed by atoms with E-state index >= 15 is 0 Å². The van der Waals surface area contributed by atoms with Gasteiger partial charge in [0, 0.05) is 19.5 Å². The number of guanidine groups is 1. The first-order chi connectivity index (χ1) is 12.5. The molecule has 9 heteroatoms. The average Bonchev–Trinajstić information content (AvgIpc) is 3.30. The van der Waals surface area contributed by atoms with E-state index in [-0.39, 0.29) is 28.9 Å². The van der Waals surface area contributed by atoms with Gasteiger partial charge in [-0.05, 0) is 48.6 Å². The van der Waals surface area contributed by atoms with Crippen molar-refractivity contribution < 1.29 is 12.8 Å². The minimum atomic E-state index is -3.67. The second kappa shape index (κ2) is 10.1. The molecular weight excluding hydrogens is 479 g/mol. The third-order valence-corrected chi connectivity index (χ3v) is 5.10. The van der Waals surface area contributed by atoms with Crippen molar-refractivity contribution in [1.29, 1.82) is 0 Å². The van der Waals surface area contributed by atoms with Crippen LogP contribution in [0, 0.1) is 5.92 Å². The van der Waals surface area contributed by atoms with Gasteiger partial charge in [-0.1, -0.05) is 12.1 Å². The SMILES string of the molecule is I.NS(=O)(=O)c1ccc(CN=C(NCCc2ccco2)NCC2CC2)cc1. The highest BCUT2D eigenvalue weighted by molar-refractivity contribution is 14.0. The number of rotatable bonds is 8. The molecule has 1 saturated carbocycles. The highest BCUT2D eigenvalue weighted by Crippen LogP contribution is 2.27. The number of hydrogen-bond acceptors (Lipinski definition) is 4. The Morgan fingerprint density at radius 2 is 1.93 bits per heavy atom. The summed E-state index contributed by atoms with van der Waals surface area (Å²) in [7, 11) is -3.67. The molecule has 4 N–H and O–H groups in total.